The van der Waals surface area contributed by atoms with Crippen LogP contribution < -0.4 is 0 Å². The number of aromatic nitrogens is 1. The van der Waals surface area contributed by atoms with E-state index in [4.69, 9.17) is 4.52 Å². The summed E-state index contributed by atoms with van der Waals surface area (Å²) < 4.78 is 4.82. The van der Waals surface area contributed by atoms with Crippen LogP contribution in [-0.2, 0) is 6.42 Å². The van der Waals surface area contributed by atoms with Gasteiger partial charge in [-0.15, -0.1) is 0 Å². The number of rotatable bonds is 5. The topological polar surface area (TPSA) is 89.4 Å². The Kier molecular flexibility index (Phi) is 3.79. The predicted molar refractivity (Wildman–Crippen MR) is 52.5 cm³/mol. The van der Waals surface area contributed by atoms with E-state index in [0.717, 1.165) is 6.42 Å². The van der Waals surface area contributed by atoms with Crippen LogP contribution in [0.5, 0.6) is 0 Å². The molecule has 0 unspecified atom stereocenters. The maximum atomic E-state index is 10.7. The van der Waals surface area contributed by atoms with E-state index in [2.05, 4.69) is 5.16 Å². The van der Waals surface area contributed by atoms with Crippen LogP contribution in [0.1, 0.15) is 31.2 Å². The molecule has 1 aromatic rings. The summed E-state index contributed by atoms with van der Waals surface area (Å²) in [5, 5.41) is 23.7. The van der Waals surface area contributed by atoms with Gasteiger partial charge in [-0.25, -0.2) is 0 Å². The molecule has 0 radical (unpaired) electrons. The zero-order valence-corrected chi connectivity index (χ0v) is 8.77. The molecular weight excluding hydrogens is 200 g/mol. The molecule has 0 saturated heterocycles. The minimum absolute atomic E-state index is 0.120. The third-order valence-corrected chi connectivity index (χ3v) is 2.13. The lowest BCUT2D eigenvalue weighted by Crippen LogP contribution is -2.10. The van der Waals surface area contributed by atoms with Gasteiger partial charge in [-0.05, 0) is 13.3 Å². The SMILES string of the molecule is CCC[C@@H](O)Cc1onc(C)c1[N+](=O)[O-]. The zero-order chi connectivity index (χ0) is 11.4. The number of nitrogens with zero attached hydrogens (tertiary/aromatic N) is 2. The molecule has 0 aromatic carbocycles. The molecule has 0 aliphatic heterocycles. The molecule has 1 atom stereocenters. The van der Waals surface area contributed by atoms with E-state index in [1.54, 1.807) is 0 Å². The minimum atomic E-state index is -0.610. The van der Waals surface area contributed by atoms with Crippen molar-refractivity contribution in [3.05, 3.63) is 21.6 Å². The smallest absolute Gasteiger partial charge is 0.334 e. The van der Waals surface area contributed by atoms with E-state index < -0.39 is 11.0 Å². The molecule has 0 bridgehead atoms. The third-order valence-electron chi connectivity index (χ3n) is 2.13. The molecule has 0 saturated carbocycles. The van der Waals surface area contributed by atoms with E-state index in [9.17, 15) is 15.2 Å². The molecule has 1 rings (SSSR count). The van der Waals surface area contributed by atoms with Crippen molar-refractivity contribution in [1.82, 2.24) is 5.16 Å². The fourth-order valence-electron chi connectivity index (χ4n) is 1.43. The molecular formula is C9H14N2O4. The molecule has 1 N–H and O–H groups in total. The second-order valence-corrected chi connectivity index (χ2v) is 3.44. The Morgan fingerprint density at radius 1 is 1.67 bits per heavy atom. The largest absolute Gasteiger partial charge is 0.393 e. The lowest BCUT2D eigenvalue weighted by atomic mass is 10.1. The molecule has 0 amide bonds. The van der Waals surface area contributed by atoms with Crippen molar-refractivity contribution in [3.63, 3.8) is 0 Å². The number of aliphatic hydroxyl groups is 1. The van der Waals surface area contributed by atoms with E-state index in [0.29, 0.717) is 6.42 Å². The zero-order valence-electron chi connectivity index (χ0n) is 8.77. The Labute approximate surface area is 87.0 Å². The average Bonchev–Trinajstić information content (AvgIpc) is 2.47. The Balaban J connectivity index is 2.81. The highest BCUT2D eigenvalue weighted by molar-refractivity contribution is 5.37. The quantitative estimate of drug-likeness (QED) is 0.593. The van der Waals surface area contributed by atoms with Crippen molar-refractivity contribution < 1.29 is 14.6 Å². The van der Waals surface area contributed by atoms with Gasteiger partial charge in [0.05, 0.1) is 11.0 Å². The van der Waals surface area contributed by atoms with E-state index in [1.165, 1.54) is 6.92 Å². The molecule has 0 fully saturated rings. The Morgan fingerprint density at radius 3 is 2.87 bits per heavy atom. The van der Waals surface area contributed by atoms with Crippen LogP contribution in [0.4, 0.5) is 5.69 Å². The summed E-state index contributed by atoms with van der Waals surface area (Å²) >= 11 is 0. The van der Waals surface area contributed by atoms with Gasteiger partial charge in [0.25, 0.3) is 0 Å². The fraction of sp³-hybridized carbons (Fsp3) is 0.667. The number of hydrogen-bond acceptors (Lipinski definition) is 5. The van der Waals surface area contributed by atoms with Gasteiger partial charge in [-0.1, -0.05) is 18.5 Å². The van der Waals surface area contributed by atoms with Crippen LogP contribution in [0.15, 0.2) is 4.52 Å². The third kappa shape index (κ3) is 2.76. The summed E-state index contributed by atoms with van der Waals surface area (Å²) in [6, 6.07) is 0. The van der Waals surface area contributed by atoms with E-state index in [-0.39, 0.29) is 23.6 Å². The second kappa shape index (κ2) is 4.88. The van der Waals surface area contributed by atoms with E-state index in [1.807, 2.05) is 6.92 Å². The maximum absolute atomic E-state index is 10.7. The molecule has 0 aliphatic carbocycles. The van der Waals surface area contributed by atoms with Gasteiger partial charge < -0.3 is 9.63 Å². The Bertz CT molecular complexity index is 348. The molecule has 0 aliphatic rings. The standard InChI is InChI=1S/C9H14N2O4/c1-3-4-7(12)5-8-9(11(13)14)6(2)10-15-8/h7,12H,3-5H2,1-2H3/t7-/m1/s1. The molecule has 15 heavy (non-hydrogen) atoms. The first kappa shape index (κ1) is 11.6. The first-order valence-electron chi connectivity index (χ1n) is 4.83. The van der Waals surface area contributed by atoms with Gasteiger partial charge in [0.1, 0.15) is 0 Å². The normalized spacial score (nSPS) is 12.7. The number of aliphatic hydroxyl groups excluding tert-OH is 1. The van der Waals surface area contributed by atoms with Crippen molar-refractivity contribution in [1.29, 1.82) is 0 Å². The molecule has 1 heterocycles. The first-order valence-corrected chi connectivity index (χ1v) is 4.83. The van der Waals surface area contributed by atoms with Crippen LogP contribution in [-0.4, -0.2) is 21.3 Å². The maximum Gasteiger partial charge on any atom is 0.334 e. The summed E-state index contributed by atoms with van der Waals surface area (Å²) in [6.07, 6.45) is 0.949. The summed E-state index contributed by atoms with van der Waals surface area (Å²) in [5.74, 6) is 0.151. The van der Waals surface area contributed by atoms with Gasteiger partial charge in [0, 0.05) is 6.42 Å². The lowest BCUT2D eigenvalue weighted by Gasteiger charge is -2.04. The number of aryl methyl sites for hydroxylation is 1. The molecule has 1 aromatic heterocycles. The summed E-state index contributed by atoms with van der Waals surface area (Å²) in [7, 11) is 0. The number of hydrogen-bond donors (Lipinski definition) is 1. The van der Waals surface area contributed by atoms with Crippen molar-refractivity contribution in [2.24, 2.45) is 0 Å². The van der Waals surface area contributed by atoms with Gasteiger partial charge >= 0.3 is 5.69 Å². The highest BCUT2D eigenvalue weighted by atomic mass is 16.6. The van der Waals surface area contributed by atoms with Gasteiger partial charge in [0.2, 0.25) is 5.76 Å². The van der Waals surface area contributed by atoms with Crippen LogP contribution >= 0.6 is 0 Å². The predicted octanol–water partition coefficient (Wildman–Crippen LogP) is 1.59. The molecule has 84 valence electrons. The van der Waals surface area contributed by atoms with Crippen LogP contribution in [0.3, 0.4) is 0 Å². The number of nitro groups is 1. The van der Waals surface area contributed by atoms with Crippen molar-refractivity contribution in [2.75, 3.05) is 0 Å². The molecule has 6 nitrogen and oxygen atoms in total. The van der Waals surface area contributed by atoms with Gasteiger partial charge in [-0.2, -0.15) is 0 Å². The van der Waals surface area contributed by atoms with Crippen LogP contribution in [0, 0.1) is 17.0 Å². The highest BCUT2D eigenvalue weighted by Crippen LogP contribution is 2.24. The Hall–Kier alpha value is -1.43. The first-order chi connectivity index (χ1) is 7.06. The molecule has 0 spiro atoms. The van der Waals surface area contributed by atoms with Crippen molar-refractivity contribution in [3.8, 4) is 0 Å². The van der Waals surface area contributed by atoms with Crippen molar-refractivity contribution >= 4 is 5.69 Å². The van der Waals surface area contributed by atoms with Crippen LogP contribution in [0.25, 0.3) is 0 Å². The molecule has 6 heteroatoms. The lowest BCUT2D eigenvalue weighted by molar-refractivity contribution is -0.386. The monoisotopic (exact) mass is 214 g/mol. The van der Waals surface area contributed by atoms with Crippen LogP contribution in [0.2, 0.25) is 0 Å². The summed E-state index contributed by atoms with van der Waals surface area (Å²) in [6.45, 7) is 3.45. The van der Waals surface area contributed by atoms with E-state index >= 15 is 0 Å². The van der Waals surface area contributed by atoms with Gasteiger partial charge in [0.15, 0.2) is 5.69 Å². The average molecular weight is 214 g/mol. The Morgan fingerprint density at radius 2 is 2.33 bits per heavy atom. The minimum Gasteiger partial charge on any atom is -0.393 e. The summed E-state index contributed by atoms with van der Waals surface area (Å²) in [5.41, 5.74) is 0.129. The second-order valence-electron chi connectivity index (χ2n) is 3.44. The summed E-state index contributed by atoms with van der Waals surface area (Å²) in [4.78, 5) is 10.1. The fourth-order valence-corrected chi connectivity index (χ4v) is 1.43. The van der Waals surface area contributed by atoms with Gasteiger partial charge in [-0.3, -0.25) is 10.1 Å². The highest BCUT2D eigenvalue weighted by Gasteiger charge is 2.25. The van der Waals surface area contributed by atoms with Crippen molar-refractivity contribution in [2.45, 2.75) is 39.2 Å².